The third-order valence-corrected chi connectivity index (χ3v) is 2.88. The van der Waals surface area contributed by atoms with E-state index in [-0.39, 0.29) is 17.4 Å². The second-order valence-electron chi connectivity index (χ2n) is 3.75. The summed E-state index contributed by atoms with van der Waals surface area (Å²) in [6, 6.07) is 9.97. The fraction of sp³-hybridized carbons (Fsp3) is 0.143. The Kier molecular flexibility index (Phi) is 4.02. The maximum Gasteiger partial charge on any atom is 0.232 e. The molecule has 19 heavy (non-hydrogen) atoms. The van der Waals surface area contributed by atoms with Crippen molar-refractivity contribution in [2.24, 2.45) is 0 Å². The zero-order valence-electron chi connectivity index (χ0n) is 10.5. The molecular weight excluding hydrogens is 266 g/mol. The van der Waals surface area contributed by atoms with E-state index in [1.807, 2.05) is 0 Å². The van der Waals surface area contributed by atoms with Crippen molar-refractivity contribution in [1.82, 2.24) is 4.98 Å². The van der Waals surface area contributed by atoms with Gasteiger partial charge in [0, 0.05) is 5.56 Å². The number of hydrogen-bond donors (Lipinski definition) is 0. The average Bonchev–Trinajstić information content (AvgIpc) is 2.47. The molecule has 0 unspecified atom stereocenters. The molecule has 0 aliphatic rings. The van der Waals surface area contributed by atoms with Gasteiger partial charge in [0.25, 0.3) is 0 Å². The van der Waals surface area contributed by atoms with E-state index < -0.39 is 0 Å². The summed E-state index contributed by atoms with van der Waals surface area (Å²) in [6.07, 6.45) is 0. The van der Waals surface area contributed by atoms with Gasteiger partial charge in [0.2, 0.25) is 11.7 Å². The molecule has 98 valence electrons. The lowest BCUT2D eigenvalue weighted by Crippen LogP contribution is -2.05. The summed E-state index contributed by atoms with van der Waals surface area (Å²) >= 11 is 5.87. The highest BCUT2D eigenvalue weighted by molar-refractivity contribution is 6.31. The lowest BCUT2D eigenvalue weighted by Gasteiger charge is -2.05. The molecule has 1 aromatic heterocycles. The predicted molar refractivity (Wildman–Crippen MR) is 72.2 cm³/mol. The Hall–Kier alpha value is -2.07. The van der Waals surface area contributed by atoms with Crippen LogP contribution in [0.15, 0.2) is 36.4 Å². The SMILES string of the molecule is COc1ccc(C(=O)c2ccc(Cl)c(OC)n2)cc1. The molecule has 0 bridgehead atoms. The normalized spacial score (nSPS) is 10.1. The number of carbonyl (C=O) groups is 1. The lowest BCUT2D eigenvalue weighted by atomic mass is 10.1. The lowest BCUT2D eigenvalue weighted by molar-refractivity contribution is 0.103. The first-order chi connectivity index (χ1) is 9.15. The third-order valence-electron chi connectivity index (χ3n) is 2.59. The molecule has 4 nitrogen and oxygen atoms in total. The number of rotatable bonds is 4. The highest BCUT2D eigenvalue weighted by Crippen LogP contribution is 2.22. The molecule has 0 atom stereocenters. The quantitative estimate of drug-likeness (QED) is 0.806. The van der Waals surface area contributed by atoms with Gasteiger partial charge in [-0.1, -0.05) is 11.6 Å². The van der Waals surface area contributed by atoms with E-state index in [9.17, 15) is 4.79 Å². The molecular formula is C14H12ClNO3. The highest BCUT2D eigenvalue weighted by atomic mass is 35.5. The van der Waals surface area contributed by atoms with Crippen molar-refractivity contribution in [2.45, 2.75) is 0 Å². The molecule has 0 aliphatic heterocycles. The van der Waals surface area contributed by atoms with Gasteiger partial charge in [-0.05, 0) is 36.4 Å². The van der Waals surface area contributed by atoms with Crippen LogP contribution in [0.25, 0.3) is 0 Å². The minimum absolute atomic E-state index is 0.197. The minimum atomic E-state index is -0.197. The molecule has 2 rings (SSSR count). The summed E-state index contributed by atoms with van der Waals surface area (Å²) in [6.45, 7) is 0. The molecule has 0 saturated carbocycles. The zero-order chi connectivity index (χ0) is 13.8. The second kappa shape index (κ2) is 5.71. The Bertz CT molecular complexity index is 596. The third kappa shape index (κ3) is 2.85. The molecule has 0 aliphatic carbocycles. The Morgan fingerprint density at radius 3 is 2.32 bits per heavy atom. The highest BCUT2D eigenvalue weighted by Gasteiger charge is 2.13. The van der Waals surface area contributed by atoms with Crippen LogP contribution in [-0.2, 0) is 0 Å². The summed E-state index contributed by atoms with van der Waals surface area (Å²) in [5.41, 5.74) is 0.809. The number of ketones is 1. The fourth-order valence-electron chi connectivity index (χ4n) is 1.58. The Morgan fingerprint density at radius 2 is 1.74 bits per heavy atom. The van der Waals surface area contributed by atoms with E-state index in [1.165, 1.54) is 7.11 Å². The topological polar surface area (TPSA) is 48.4 Å². The number of benzene rings is 1. The molecule has 0 amide bonds. The number of pyridine rings is 1. The number of halogens is 1. The van der Waals surface area contributed by atoms with Crippen molar-refractivity contribution < 1.29 is 14.3 Å². The van der Waals surface area contributed by atoms with E-state index in [0.717, 1.165) is 0 Å². The van der Waals surface area contributed by atoms with Crippen LogP contribution in [0, 0.1) is 0 Å². The van der Waals surface area contributed by atoms with E-state index in [4.69, 9.17) is 21.1 Å². The molecule has 0 N–H and O–H groups in total. The first kappa shape index (κ1) is 13.4. The van der Waals surface area contributed by atoms with Crippen LogP contribution in [0.4, 0.5) is 0 Å². The van der Waals surface area contributed by atoms with Crippen LogP contribution < -0.4 is 9.47 Å². The van der Waals surface area contributed by atoms with Crippen molar-refractivity contribution >= 4 is 17.4 Å². The van der Waals surface area contributed by atoms with Crippen LogP contribution in [0.5, 0.6) is 11.6 Å². The van der Waals surface area contributed by atoms with Crippen molar-refractivity contribution in [3.8, 4) is 11.6 Å². The van der Waals surface area contributed by atoms with Gasteiger partial charge < -0.3 is 9.47 Å². The van der Waals surface area contributed by atoms with Crippen molar-refractivity contribution in [2.75, 3.05) is 14.2 Å². The number of aromatic nitrogens is 1. The van der Waals surface area contributed by atoms with Crippen molar-refractivity contribution in [1.29, 1.82) is 0 Å². The first-order valence-corrected chi connectivity index (χ1v) is 5.93. The molecule has 0 saturated heterocycles. The fourth-order valence-corrected chi connectivity index (χ4v) is 1.77. The van der Waals surface area contributed by atoms with Gasteiger partial charge in [-0.25, -0.2) is 4.98 Å². The van der Waals surface area contributed by atoms with E-state index in [1.54, 1.807) is 43.5 Å². The van der Waals surface area contributed by atoms with Crippen molar-refractivity contribution in [3.05, 3.63) is 52.7 Å². The van der Waals surface area contributed by atoms with Gasteiger partial charge in [0.1, 0.15) is 16.5 Å². The summed E-state index contributed by atoms with van der Waals surface area (Å²) in [4.78, 5) is 16.3. The zero-order valence-corrected chi connectivity index (χ0v) is 11.3. The minimum Gasteiger partial charge on any atom is -0.497 e. The molecule has 0 fully saturated rings. The van der Waals surface area contributed by atoms with E-state index in [0.29, 0.717) is 16.3 Å². The number of methoxy groups -OCH3 is 2. The van der Waals surface area contributed by atoms with E-state index >= 15 is 0 Å². The van der Waals surface area contributed by atoms with Crippen LogP contribution in [0.3, 0.4) is 0 Å². The van der Waals surface area contributed by atoms with E-state index in [2.05, 4.69) is 4.98 Å². The largest absolute Gasteiger partial charge is 0.497 e. The molecule has 1 aromatic carbocycles. The van der Waals surface area contributed by atoms with Gasteiger partial charge in [0.05, 0.1) is 14.2 Å². The van der Waals surface area contributed by atoms with Crippen LogP contribution >= 0.6 is 11.6 Å². The first-order valence-electron chi connectivity index (χ1n) is 5.55. The molecule has 1 heterocycles. The molecule has 5 heteroatoms. The van der Waals surface area contributed by atoms with Gasteiger partial charge in [-0.2, -0.15) is 0 Å². The smallest absolute Gasteiger partial charge is 0.232 e. The van der Waals surface area contributed by atoms with Crippen LogP contribution in [0.2, 0.25) is 5.02 Å². The Balaban J connectivity index is 2.32. The standard InChI is InChI=1S/C14H12ClNO3/c1-18-10-5-3-9(4-6-10)13(17)12-8-7-11(15)14(16-12)19-2/h3-8H,1-2H3. The van der Waals surface area contributed by atoms with Crippen LogP contribution in [0.1, 0.15) is 16.1 Å². The molecule has 0 radical (unpaired) electrons. The summed E-state index contributed by atoms with van der Waals surface area (Å²) in [5.74, 6) is 0.733. The number of carbonyl (C=O) groups excluding carboxylic acids is 1. The predicted octanol–water partition coefficient (Wildman–Crippen LogP) is 2.98. The van der Waals surface area contributed by atoms with Gasteiger partial charge in [-0.15, -0.1) is 0 Å². The summed E-state index contributed by atoms with van der Waals surface area (Å²) in [5, 5.41) is 0.369. The number of ether oxygens (including phenoxy) is 2. The maximum atomic E-state index is 12.2. The van der Waals surface area contributed by atoms with Crippen molar-refractivity contribution in [3.63, 3.8) is 0 Å². The summed E-state index contributed by atoms with van der Waals surface area (Å²) in [7, 11) is 3.03. The summed E-state index contributed by atoms with van der Waals surface area (Å²) < 4.78 is 10.0. The molecule has 0 spiro atoms. The number of nitrogens with zero attached hydrogens (tertiary/aromatic N) is 1. The Morgan fingerprint density at radius 1 is 1.05 bits per heavy atom. The number of hydrogen-bond acceptors (Lipinski definition) is 4. The van der Waals surface area contributed by atoms with Gasteiger partial charge in [0.15, 0.2) is 0 Å². The van der Waals surface area contributed by atoms with Gasteiger partial charge >= 0.3 is 0 Å². The second-order valence-corrected chi connectivity index (χ2v) is 4.15. The maximum absolute atomic E-state index is 12.2. The average molecular weight is 278 g/mol. The van der Waals surface area contributed by atoms with Crippen LogP contribution in [-0.4, -0.2) is 25.0 Å². The Labute approximate surface area is 115 Å². The molecule has 2 aromatic rings. The van der Waals surface area contributed by atoms with Gasteiger partial charge in [-0.3, -0.25) is 4.79 Å². The monoisotopic (exact) mass is 277 g/mol.